The van der Waals surface area contributed by atoms with Crippen LogP contribution in [0.5, 0.6) is 0 Å². The molecule has 0 saturated carbocycles. The summed E-state index contributed by atoms with van der Waals surface area (Å²) in [6.45, 7) is 1.26. The van der Waals surface area contributed by atoms with Gasteiger partial charge in [0.25, 0.3) is 0 Å². The second kappa shape index (κ2) is 5.37. The van der Waals surface area contributed by atoms with Gasteiger partial charge in [-0.05, 0) is 26.2 Å². The third-order valence-electron chi connectivity index (χ3n) is 2.05. The normalized spacial score (nSPS) is 19.9. The third-order valence-corrected chi connectivity index (χ3v) is 2.05. The number of carbonyl (C=O) groups excluding carboxylic acids is 1. The van der Waals surface area contributed by atoms with E-state index in [9.17, 15) is 4.79 Å². The minimum atomic E-state index is -0.522. The Balaban J connectivity index is 2.74. The zero-order valence-corrected chi connectivity index (χ0v) is 9.64. The number of likely N-dealkylation sites (N-methyl/N-ethyl adjacent to an activating group) is 1. The van der Waals surface area contributed by atoms with Gasteiger partial charge in [-0.1, -0.05) is 12.2 Å². The monoisotopic (exact) mass is 224 g/mol. The maximum absolute atomic E-state index is 10.6. The molecule has 1 atom stereocenters. The topological polar surface area (TPSA) is 64.8 Å². The second-order valence-electron chi connectivity index (χ2n) is 3.65. The predicted molar refractivity (Wildman–Crippen MR) is 59.8 cm³/mol. The Hall–Kier alpha value is -1.75. The van der Waals surface area contributed by atoms with E-state index in [0.29, 0.717) is 11.5 Å². The number of rotatable bonds is 3. The Labute approximate surface area is 94.7 Å². The molecule has 88 valence electrons. The van der Waals surface area contributed by atoms with Crippen LogP contribution in [0.4, 0.5) is 0 Å². The van der Waals surface area contributed by atoms with Crippen molar-refractivity contribution in [1.29, 1.82) is 0 Å². The molecule has 0 aromatic heterocycles. The van der Waals surface area contributed by atoms with Crippen LogP contribution in [-0.2, 0) is 14.6 Å². The molecule has 5 nitrogen and oxygen atoms in total. The van der Waals surface area contributed by atoms with Gasteiger partial charge in [0.05, 0.1) is 5.70 Å². The Morgan fingerprint density at radius 2 is 2.00 bits per heavy atom. The first-order chi connectivity index (χ1) is 7.50. The number of nitrogens with zero attached hydrogens (tertiary/aromatic N) is 1. The first-order valence-electron chi connectivity index (χ1n) is 4.88. The number of hydrogen-bond donors (Lipinski definition) is 1. The fourth-order valence-corrected chi connectivity index (χ4v) is 1.15. The predicted octanol–water partition coefficient (Wildman–Crippen LogP) is 0.708. The van der Waals surface area contributed by atoms with E-state index in [1.807, 2.05) is 31.1 Å². The molecular weight excluding hydrogens is 208 g/mol. The van der Waals surface area contributed by atoms with Gasteiger partial charge in [0.2, 0.25) is 5.76 Å². The quantitative estimate of drug-likeness (QED) is 0.565. The van der Waals surface area contributed by atoms with Crippen LogP contribution in [0.2, 0.25) is 0 Å². The van der Waals surface area contributed by atoms with Crippen molar-refractivity contribution in [2.24, 2.45) is 5.73 Å². The van der Waals surface area contributed by atoms with Crippen molar-refractivity contribution in [3.63, 3.8) is 0 Å². The van der Waals surface area contributed by atoms with Gasteiger partial charge in [-0.3, -0.25) is 14.7 Å². The van der Waals surface area contributed by atoms with Crippen molar-refractivity contribution in [3.05, 3.63) is 35.8 Å². The minimum absolute atomic E-state index is 0.136. The highest BCUT2D eigenvalue weighted by Crippen LogP contribution is 2.13. The van der Waals surface area contributed by atoms with Crippen molar-refractivity contribution < 1.29 is 14.6 Å². The van der Waals surface area contributed by atoms with Crippen LogP contribution in [0, 0.1) is 0 Å². The van der Waals surface area contributed by atoms with Gasteiger partial charge in [-0.2, -0.15) is 0 Å². The molecule has 1 aliphatic rings. The molecule has 5 heteroatoms. The molecule has 16 heavy (non-hydrogen) atoms. The first kappa shape index (κ1) is 12.3. The molecule has 0 saturated heterocycles. The van der Waals surface area contributed by atoms with Crippen molar-refractivity contribution >= 4 is 5.97 Å². The van der Waals surface area contributed by atoms with E-state index >= 15 is 0 Å². The largest absolute Gasteiger partial charge is 0.396 e. The molecule has 0 aliphatic heterocycles. The van der Waals surface area contributed by atoms with Gasteiger partial charge in [0, 0.05) is 13.0 Å². The van der Waals surface area contributed by atoms with Crippen molar-refractivity contribution in [1.82, 2.24) is 4.90 Å². The Kier molecular flexibility index (Phi) is 4.13. The fourth-order valence-electron chi connectivity index (χ4n) is 1.15. The summed E-state index contributed by atoms with van der Waals surface area (Å²) in [7, 11) is 3.90. The maximum Gasteiger partial charge on any atom is 0.352 e. The highest BCUT2D eigenvalue weighted by molar-refractivity contribution is 5.65. The minimum Gasteiger partial charge on any atom is -0.396 e. The average Bonchev–Trinajstić information content (AvgIpc) is 2.37. The highest BCUT2D eigenvalue weighted by Gasteiger charge is 2.10. The summed E-state index contributed by atoms with van der Waals surface area (Å²) >= 11 is 0. The second-order valence-corrected chi connectivity index (χ2v) is 3.65. The number of allylic oxidation sites excluding steroid dienone is 2. The average molecular weight is 224 g/mol. The summed E-state index contributed by atoms with van der Waals surface area (Å²) in [5, 5.41) is 0. The molecule has 0 radical (unpaired) electrons. The lowest BCUT2D eigenvalue weighted by molar-refractivity contribution is -0.242. The van der Waals surface area contributed by atoms with Gasteiger partial charge >= 0.3 is 5.97 Å². The third kappa shape index (κ3) is 3.43. The van der Waals surface area contributed by atoms with Crippen LogP contribution >= 0.6 is 0 Å². The fraction of sp³-hybridized carbons (Fsp3) is 0.364. The molecule has 0 aromatic rings. The molecule has 0 heterocycles. The molecule has 2 N–H and O–H groups in total. The standard InChI is InChI=1S/C11H16N2O3/c1-8(14)15-16-11-7-5-9(13(2)3)4-6-10(11)12/h4-7,9H,12H2,1-3H3. The summed E-state index contributed by atoms with van der Waals surface area (Å²) in [6.07, 6.45) is 7.23. The van der Waals surface area contributed by atoms with Gasteiger partial charge in [-0.15, -0.1) is 0 Å². The molecule has 1 unspecified atom stereocenters. The van der Waals surface area contributed by atoms with E-state index in [2.05, 4.69) is 4.89 Å². The van der Waals surface area contributed by atoms with E-state index in [4.69, 9.17) is 10.6 Å². The van der Waals surface area contributed by atoms with Crippen molar-refractivity contribution in [2.45, 2.75) is 13.0 Å². The van der Waals surface area contributed by atoms with E-state index in [0.717, 1.165) is 0 Å². The lowest BCUT2D eigenvalue weighted by Gasteiger charge is -2.15. The summed E-state index contributed by atoms with van der Waals surface area (Å²) in [5.74, 6) is -0.193. The zero-order valence-electron chi connectivity index (χ0n) is 9.64. The number of hydrogen-bond acceptors (Lipinski definition) is 5. The lowest BCUT2D eigenvalue weighted by Crippen LogP contribution is -2.23. The molecule has 0 spiro atoms. The highest BCUT2D eigenvalue weighted by atomic mass is 17.2. The Morgan fingerprint density at radius 3 is 2.56 bits per heavy atom. The maximum atomic E-state index is 10.6. The molecular formula is C11H16N2O3. The first-order valence-corrected chi connectivity index (χ1v) is 4.88. The van der Waals surface area contributed by atoms with Crippen molar-refractivity contribution in [3.8, 4) is 0 Å². The van der Waals surface area contributed by atoms with E-state index < -0.39 is 5.97 Å². The van der Waals surface area contributed by atoms with Crippen LogP contribution in [-0.4, -0.2) is 31.0 Å². The van der Waals surface area contributed by atoms with Gasteiger partial charge in [0.15, 0.2) is 0 Å². The van der Waals surface area contributed by atoms with Gasteiger partial charge in [-0.25, -0.2) is 4.79 Å². The molecule has 0 aromatic carbocycles. The SMILES string of the molecule is CC(=O)OOC1=C(N)C=CC(N(C)C)C=C1. The Bertz CT molecular complexity index is 356. The molecule has 0 amide bonds. The molecule has 1 aliphatic carbocycles. The zero-order chi connectivity index (χ0) is 12.1. The van der Waals surface area contributed by atoms with Crippen LogP contribution < -0.4 is 5.73 Å². The lowest BCUT2D eigenvalue weighted by atomic mass is 10.2. The molecule has 0 bridgehead atoms. The van der Waals surface area contributed by atoms with Crippen LogP contribution in [0.1, 0.15) is 6.92 Å². The molecule has 0 fully saturated rings. The molecule has 1 rings (SSSR count). The van der Waals surface area contributed by atoms with Gasteiger partial charge < -0.3 is 5.73 Å². The van der Waals surface area contributed by atoms with E-state index in [-0.39, 0.29) is 6.04 Å². The smallest absolute Gasteiger partial charge is 0.352 e. The summed E-state index contributed by atoms with van der Waals surface area (Å²) < 4.78 is 0. The van der Waals surface area contributed by atoms with Gasteiger partial charge in [0.1, 0.15) is 0 Å². The van der Waals surface area contributed by atoms with E-state index in [1.165, 1.54) is 6.92 Å². The number of nitrogens with two attached hydrogens (primary N) is 1. The Morgan fingerprint density at radius 1 is 1.38 bits per heavy atom. The van der Waals surface area contributed by atoms with Crippen molar-refractivity contribution in [2.75, 3.05) is 14.1 Å². The number of carbonyl (C=O) groups is 1. The summed E-state index contributed by atoms with van der Waals surface area (Å²) in [4.78, 5) is 21.8. The van der Waals surface area contributed by atoms with Crippen LogP contribution in [0.25, 0.3) is 0 Å². The summed E-state index contributed by atoms with van der Waals surface area (Å²) in [5.41, 5.74) is 6.15. The van der Waals surface area contributed by atoms with Crippen LogP contribution in [0.3, 0.4) is 0 Å². The van der Waals surface area contributed by atoms with E-state index in [1.54, 1.807) is 12.2 Å². The summed E-state index contributed by atoms with van der Waals surface area (Å²) in [6, 6.07) is 0.136. The van der Waals surface area contributed by atoms with Crippen LogP contribution in [0.15, 0.2) is 35.8 Å².